The lowest BCUT2D eigenvalue weighted by Crippen LogP contribution is -2.45. The number of amides is 1. The van der Waals surface area contributed by atoms with E-state index >= 15 is 0 Å². The molecule has 2 aliphatic rings. The third-order valence-corrected chi connectivity index (χ3v) is 4.02. The third-order valence-electron chi connectivity index (χ3n) is 3.79. The summed E-state index contributed by atoms with van der Waals surface area (Å²) in [5, 5.41) is 0. The molecule has 0 bridgehead atoms. The van der Waals surface area contributed by atoms with Gasteiger partial charge in [0, 0.05) is 13.1 Å². The lowest BCUT2D eigenvalue weighted by molar-refractivity contribution is -0.131. The Morgan fingerprint density at radius 2 is 1.86 bits per heavy atom. The number of alkyl halides is 1. The molecule has 0 atom stereocenters. The van der Waals surface area contributed by atoms with Crippen LogP contribution in [0.3, 0.4) is 0 Å². The molecule has 14 heavy (non-hydrogen) atoms. The van der Waals surface area contributed by atoms with Crippen LogP contribution < -0.4 is 0 Å². The van der Waals surface area contributed by atoms with Gasteiger partial charge in [-0.15, -0.1) is 11.6 Å². The summed E-state index contributed by atoms with van der Waals surface area (Å²) in [6, 6.07) is 0. The largest absolute Gasteiger partial charge is 0.341 e. The smallest absolute Gasteiger partial charge is 0.237 e. The van der Waals surface area contributed by atoms with Crippen LogP contribution in [0.25, 0.3) is 0 Å². The standard InChI is InChI=1S/C11H18ClNO/c12-8-10(14)13-7-3-6-11(9-13)4-1-2-5-11/h1-9H2. The summed E-state index contributed by atoms with van der Waals surface area (Å²) in [5.41, 5.74) is 0.472. The Morgan fingerprint density at radius 1 is 1.21 bits per heavy atom. The molecule has 0 aromatic rings. The summed E-state index contributed by atoms with van der Waals surface area (Å²) >= 11 is 5.59. The molecule has 1 amide bonds. The third kappa shape index (κ3) is 1.90. The Labute approximate surface area is 90.6 Å². The molecule has 0 aromatic carbocycles. The normalized spacial score (nSPS) is 25.6. The number of carbonyl (C=O) groups is 1. The molecule has 1 aliphatic carbocycles. The first kappa shape index (κ1) is 10.3. The van der Waals surface area contributed by atoms with Gasteiger partial charge < -0.3 is 4.90 Å². The van der Waals surface area contributed by atoms with Gasteiger partial charge >= 0.3 is 0 Å². The van der Waals surface area contributed by atoms with Crippen molar-refractivity contribution < 1.29 is 4.79 Å². The lowest BCUT2D eigenvalue weighted by atomic mass is 9.78. The van der Waals surface area contributed by atoms with Gasteiger partial charge in [-0.25, -0.2) is 0 Å². The summed E-state index contributed by atoms with van der Waals surface area (Å²) in [6.45, 7) is 1.89. The number of piperidine rings is 1. The van der Waals surface area contributed by atoms with Crippen molar-refractivity contribution in [1.29, 1.82) is 0 Å². The van der Waals surface area contributed by atoms with E-state index < -0.39 is 0 Å². The number of likely N-dealkylation sites (tertiary alicyclic amines) is 1. The monoisotopic (exact) mass is 215 g/mol. The first-order chi connectivity index (χ1) is 6.76. The van der Waals surface area contributed by atoms with E-state index in [-0.39, 0.29) is 11.8 Å². The van der Waals surface area contributed by atoms with Gasteiger partial charge in [-0.1, -0.05) is 12.8 Å². The number of rotatable bonds is 1. The molecule has 0 N–H and O–H groups in total. The Bertz CT molecular complexity index is 223. The zero-order chi connectivity index (χ0) is 10.0. The SMILES string of the molecule is O=C(CCl)N1CCCC2(CCCC2)C1. The highest BCUT2D eigenvalue weighted by Crippen LogP contribution is 2.44. The van der Waals surface area contributed by atoms with E-state index in [9.17, 15) is 4.79 Å². The van der Waals surface area contributed by atoms with Gasteiger partial charge in [-0.3, -0.25) is 4.79 Å². The molecular formula is C11H18ClNO. The summed E-state index contributed by atoms with van der Waals surface area (Å²) in [6.07, 6.45) is 7.83. The minimum absolute atomic E-state index is 0.123. The molecule has 1 spiro atoms. The minimum Gasteiger partial charge on any atom is -0.341 e. The molecule has 2 fully saturated rings. The number of hydrogen-bond donors (Lipinski definition) is 0. The van der Waals surface area contributed by atoms with Crippen molar-refractivity contribution in [3.05, 3.63) is 0 Å². The maximum atomic E-state index is 11.5. The van der Waals surface area contributed by atoms with Crippen LogP contribution >= 0.6 is 11.6 Å². The second kappa shape index (κ2) is 4.09. The van der Waals surface area contributed by atoms with Crippen LogP contribution in [-0.2, 0) is 4.79 Å². The van der Waals surface area contributed by atoms with Crippen molar-refractivity contribution >= 4 is 17.5 Å². The number of carbonyl (C=O) groups excluding carboxylic acids is 1. The average molecular weight is 216 g/mol. The predicted octanol–water partition coefficient (Wildman–Crippen LogP) is 2.41. The minimum atomic E-state index is 0.123. The van der Waals surface area contributed by atoms with Gasteiger partial charge in [0.25, 0.3) is 0 Å². The molecule has 3 heteroatoms. The first-order valence-corrected chi connectivity index (χ1v) is 6.13. The van der Waals surface area contributed by atoms with Gasteiger partial charge in [0.2, 0.25) is 5.91 Å². The molecule has 0 radical (unpaired) electrons. The molecule has 1 saturated carbocycles. The van der Waals surface area contributed by atoms with Crippen molar-refractivity contribution in [2.75, 3.05) is 19.0 Å². The van der Waals surface area contributed by atoms with Crippen molar-refractivity contribution in [3.8, 4) is 0 Å². The second-order valence-electron chi connectivity index (χ2n) is 4.76. The van der Waals surface area contributed by atoms with Crippen molar-refractivity contribution in [2.24, 2.45) is 5.41 Å². The quantitative estimate of drug-likeness (QED) is 0.616. The van der Waals surface area contributed by atoms with Gasteiger partial charge in [0.15, 0.2) is 0 Å². The van der Waals surface area contributed by atoms with E-state index in [1.165, 1.54) is 38.5 Å². The second-order valence-corrected chi connectivity index (χ2v) is 5.03. The topological polar surface area (TPSA) is 20.3 Å². The van der Waals surface area contributed by atoms with E-state index in [0.29, 0.717) is 5.41 Å². The van der Waals surface area contributed by atoms with Crippen LogP contribution in [0.4, 0.5) is 0 Å². The maximum absolute atomic E-state index is 11.5. The van der Waals surface area contributed by atoms with Crippen LogP contribution in [0.1, 0.15) is 38.5 Å². The zero-order valence-electron chi connectivity index (χ0n) is 8.60. The average Bonchev–Trinajstić information content (AvgIpc) is 2.65. The molecule has 0 unspecified atom stereocenters. The van der Waals surface area contributed by atoms with E-state index in [0.717, 1.165) is 13.1 Å². The lowest BCUT2D eigenvalue weighted by Gasteiger charge is -2.40. The summed E-state index contributed by atoms with van der Waals surface area (Å²) in [5.74, 6) is 0.272. The van der Waals surface area contributed by atoms with Crippen LogP contribution in [0.2, 0.25) is 0 Å². The Kier molecular flexibility index (Phi) is 3.01. The van der Waals surface area contributed by atoms with Crippen LogP contribution in [-0.4, -0.2) is 29.8 Å². The van der Waals surface area contributed by atoms with Crippen LogP contribution in [0.5, 0.6) is 0 Å². The van der Waals surface area contributed by atoms with E-state index in [4.69, 9.17) is 11.6 Å². The maximum Gasteiger partial charge on any atom is 0.237 e. The van der Waals surface area contributed by atoms with Crippen molar-refractivity contribution in [2.45, 2.75) is 38.5 Å². The van der Waals surface area contributed by atoms with E-state index in [1.54, 1.807) is 0 Å². The fourth-order valence-corrected chi connectivity index (χ4v) is 3.21. The molecular weight excluding hydrogens is 198 g/mol. The van der Waals surface area contributed by atoms with E-state index in [1.807, 2.05) is 4.90 Å². The molecule has 1 saturated heterocycles. The van der Waals surface area contributed by atoms with E-state index in [2.05, 4.69) is 0 Å². The van der Waals surface area contributed by atoms with Gasteiger partial charge in [0.1, 0.15) is 5.88 Å². The highest BCUT2D eigenvalue weighted by molar-refractivity contribution is 6.27. The highest BCUT2D eigenvalue weighted by Gasteiger charge is 2.38. The molecule has 1 heterocycles. The number of halogens is 1. The molecule has 2 nitrogen and oxygen atoms in total. The fourth-order valence-electron chi connectivity index (χ4n) is 3.04. The Balaban J connectivity index is 1.99. The van der Waals surface area contributed by atoms with Crippen LogP contribution in [0, 0.1) is 5.41 Å². The van der Waals surface area contributed by atoms with Crippen molar-refractivity contribution in [1.82, 2.24) is 4.90 Å². The van der Waals surface area contributed by atoms with Gasteiger partial charge in [0.05, 0.1) is 0 Å². The summed E-state index contributed by atoms with van der Waals surface area (Å²) < 4.78 is 0. The Hall–Kier alpha value is -0.240. The fraction of sp³-hybridized carbons (Fsp3) is 0.909. The zero-order valence-corrected chi connectivity index (χ0v) is 9.35. The molecule has 0 aromatic heterocycles. The number of nitrogens with zero attached hydrogens (tertiary/aromatic N) is 1. The summed E-state index contributed by atoms with van der Waals surface area (Å²) in [4.78, 5) is 13.5. The highest BCUT2D eigenvalue weighted by atomic mass is 35.5. The Morgan fingerprint density at radius 3 is 2.50 bits per heavy atom. The molecule has 1 aliphatic heterocycles. The van der Waals surface area contributed by atoms with Crippen molar-refractivity contribution in [3.63, 3.8) is 0 Å². The molecule has 80 valence electrons. The van der Waals surface area contributed by atoms with Gasteiger partial charge in [-0.2, -0.15) is 0 Å². The number of hydrogen-bond acceptors (Lipinski definition) is 1. The molecule has 2 rings (SSSR count). The first-order valence-electron chi connectivity index (χ1n) is 5.60. The predicted molar refractivity (Wildman–Crippen MR) is 57.4 cm³/mol. The van der Waals surface area contributed by atoms with Crippen LogP contribution in [0.15, 0.2) is 0 Å². The summed E-state index contributed by atoms with van der Waals surface area (Å²) in [7, 11) is 0. The van der Waals surface area contributed by atoms with Gasteiger partial charge in [-0.05, 0) is 31.1 Å².